The summed E-state index contributed by atoms with van der Waals surface area (Å²) < 4.78 is 39.3. The highest BCUT2D eigenvalue weighted by Gasteiger charge is 2.37. The largest absolute Gasteiger partial charge is 0.497 e. The van der Waals surface area contributed by atoms with Crippen LogP contribution in [0.15, 0.2) is 77.7 Å². The van der Waals surface area contributed by atoms with E-state index in [4.69, 9.17) is 14.6 Å². The van der Waals surface area contributed by atoms with Gasteiger partial charge in [-0.25, -0.2) is 8.42 Å². The Morgan fingerprint density at radius 1 is 1.00 bits per heavy atom. The predicted molar refractivity (Wildman–Crippen MR) is 120 cm³/mol. The zero-order valence-electron chi connectivity index (χ0n) is 17.5. The maximum absolute atomic E-state index is 13.4. The molecule has 0 amide bonds. The Labute approximate surface area is 186 Å². The second kappa shape index (κ2) is 8.92. The molecule has 0 spiro atoms. The number of methoxy groups -OCH3 is 1. The van der Waals surface area contributed by atoms with E-state index in [1.54, 1.807) is 30.3 Å². The number of hydrogen-bond donors (Lipinski definition) is 1. The van der Waals surface area contributed by atoms with Gasteiger partial charge in [-0.2, -0.15) is 0 Å². The highest BCUT2D eigenvalue weighted by Crippen LogP contribution is 2.43. The summed E-state index contributed by atoms with van der Waals surface area (Å²) in [5, 5.41) is 9.09. The van der Waals surface area contributed by atoms with Gasteiger partial charge in [-0.3, -0.25) is 9.10 Å². The van der Waals surface area contributed by atoms with E-state index < -0.39 is 16.0 Å². The van der Waals surface area contributed by atoms with E-state index in [1.165, 1.54) is 23.5 Å². The van der Waals surface area contributed by atoms with E-state index in [2.05, 4.69) is 0 Å². The summed E-state index contributed by atoms with van der Waals surface area (Å²) in [6.07, 6.45) is 0.298. The van der Waals surface area contributed by atoms with Crippen LogP contribution >= 0.6 is 0 Å². The third kappa shape index (κ3) is 4.40. The van der Waals surface area contributed by atoms with Crippen molar-refractivity contribution in [1.82, 2.24) is 0 Å². The predicted octanol–water partition coefficient (Wildman–Crippen LogP) is 4.64. The fraction of sp³-hybridized carbons (Fsp3) is 0.208. The maximum Gasteiger partial charge on any atom is 0.303 e. The number of anilines is 1. The Hall–Kier alpha value is -3.52. The van der Waals surface area contributed by atoms with E-state index in [0.29, 0.717) is 29.4 Å². The van der Waals surface area contributed by atoms with Gasteiger partial charge in [-0.05, 0) is 66.6 Å². The molecule has 0 radical (unpaired) electrons. The lowest BCUT2D eigenvalue weighted by molar-refractivity contribution is -0.137. The number of carbonyl (C=O) groups is 1. The molecule has 0 saturated heterocycles. The fourth-order valence-corrected chi connectivity index (χ4v) is 5.35. The number of carboxylic acid groups (broad SMARTS) is 1. The summed E-state index contributed by atoms with van der Waals surface area (Å²) in [5.41, 5.74) is 1.32. The molecule has 4 rings (SSSR count). The fourth-order valence-electron chi connectivity index (χ4n) is 3.81. The summed E-state index contributed by atoms with van der Waals surface area (Å²) >= 11 is 0. The van der Waals surface area contributed by atoms with Crippen LogP contribution in [0.5, 0.6) is 17.2 Å². The molecule has 32 heavy (non-hydrogen) atoms. The topological polar surface area (TPSA) is 93.1 Å². The van der Waals surface area contributed by atoms with E-state index in [1.807, 2.05) is 30.3 Å². The molecule has 7 nitrogen and oxygen atoms in total. The highest BCUT2D eigenvalue weighted by molar-refractivity contribution is 7.92. The number of rotatable bonds is 8. The van der Waals surface area contributed by atoms with E-state index >= 15 is 0 Å². The summed E-state index contributed by atoms with van der Waals surface area (Å²) in [5.74, 6) is 0.648. The van der Waals surface area contributed by atoms with Gasteiger partial charge in [0.2, 0.25) is 0 Å². The molecule has 0 aliphatic carbocycles. The molecule has 8 heteroatoms. The van der Waals surface area contributed by atoms with Crippen molar-refractivity contribution in [3.63, 3.8) is 0 Å². The van der Waals surface area contributed by atoms with Crippen LogP contribution in [0.1, 0.15) is 24.3 Å². The first kappa shape index (κ1) is 21.7. The molecule has 0 fully saturated rings. The summed E-state index contributed by atoms with van der Waals surface area (Å²) in [6.45, 7) is 0.181. The van der Waals surface area contributed by atoms with Crippen LogP contribution in [-0.2, 0) is 14.8 Å². The van der Waals surface area contributed by atoms with Gasteiger partial charge in [0, 0.05) is 18.9 Å². The molecule has 0 bridgehead atoms. The number of hydrogen-bond acceptors (Lipinski definition) is 5. The molecule has 3 aromatic carbocycles. The van der Waals surface area contributed by atoms with Crippen molar-refractivity contribution in [2.45, 2.75) is 23.7 Å². The molecular weight excluding hydrogens is 430 g/mol. The molecule has 1 atom stereocenters. The monoisotopic (exact) mass is 453 g/mol. The van der Waals surface area contributed by atoms with Gasteiger partial charge in [0.05, 0.1) is 17.7 Å². The maximum atomic E-state index is 13.4. The summed E-state index contributed by atoms with van der Waals surface area (Å²) in [7, 11) is -2.31. The van der Waals surface area contributed by atoms with Crippen LogP contribution in [0.25, 0.3) is 0 Å². The van der Waals surface area contributed by atoms with Crippen molar-refractivity contribution in [1.29, 1.82) is 0 Å². The Kier molecular flexibility index (Phi) is 6.05. The average Bonchev–Trinajstić information content (AvgIpc) is 3.17. The molecule has 1 aliphatic rings. The normalized spacial score (nSPS) is 15.3. The van der Waals surface area contributed by atoms with E-state index in [0.717, 1.165) is 5.56 Å². The zero-order chi connectivity index (χ0) is 22.7. The smallest absolute Gasteiger partial charge is 0.303 e. The van der Waals surface area contributed by atoms with E-state index in [-0.39, 0.29) is 23.8 Å². The average molecular weight is 454 g/mol. The molecule has 1 N–H and O–H groups in total. The molecule has 1 aliphatic heterocycles. The Morgan fingerprint density at radius 3 is 2.31 bits per heavy atom. The van der Waals surface area contributed by atoms with Crippen LogP contribution in [0, 0.1) is 0 Å². The van der Waals surface area contributed by atoms with E-state index in [9.17, 15) is 13.2 Å². The van der Waals surface area contributed by atoms with Crippen molar-refractivity contribution in [2.75, 3.05) is 18.0 Å². The van der Waals surface area contributed by atoms with Crippen molar-refractivity contribution in [2.24, 2.45) is 0 Å². The molecule has 0 saturated carbocycles. The van der Waals surface area contributed by atoms with Gasteiger partial charge in [-0.15, -0.1) is 0 Å². The molecule has 166 valence electrons. The van der Waals surface area contributed by atoms with Crippen LogP contribution in [0.3, 0.4) is 0 Å². The lowest BCUT2D eigenvalue weighted by Crippen LogP contribution is -2.30. The highest BCUT2D eigenvalue weighted by atomic mass is 32.2. The number of aliphatic carboxylic acids is 1. The Morgan fingerprint density at radius 2 is 1.66 bits per heavy atom. The van der Waals surface area contributed by atoms with Gasteiger partial charge in [-0.1, -0.05) is 18.2 Å². The number of ether oxygens (including phenoxy) is 2. The first-order valence-electron chi connectivity index (χ1n) is 10.1. The van der Waals surface area contributed by atoms with Gasteiger partial charge in [0.1, 0.15) is 17.2 Å². The van der Waals surface area contributed by atoms with Crippen molar-refractivity contribution in [3.8, 4) is 17.2 Å². The minimum absolute atomic E-state index is 0.0409. The Bertz CT molecular complexity index is 1210. The van der Waals surface area contributed by atoms with Gasteiger partial charge in [0.25, 0.3) is 10.0 Å². The molecular formula is C24H23NO6S. The summed E-state index contributed by atoms with van der Waals surface area (Å²) in [6, 6.07) is 20.7. The lowest BCUT2D eigenvalue weighted by Gasteiger charge is -2.20. The SMILES string of the molecule is COc1ccc2c(c1)C(CCC(=O)O)CN2S(=O)(=O)c1ccc(Oc2ccccc2)cc1. The number of carboxylic acids is 1. The van der Waals surface area contributed by atoms with Gasteiger partial charge >= 0.3 is 5.97 Å². The minimum atomic E-state index is -3.84. The standard InChI is InChI=1S/C24H23NO6S/c1-30-20-10-13-23-22(15-20)17(7-14-24(26)27)16-25(23)32(28,29)21-11-8-19(9-12-21)31-18-5-3-2-4-6-18/h2-6,8-13,15,17H,7,14,16H2,1H3,(H,26,27). The quantitative estimate of drug-likeness (QED) is 0.534. The third-order valence-electron chi connectivity index (χ3n) is 5.43. The molecule has 0 aromatic heterocycles. The first-order chi connectivity index (χ1) is 15.4. The van der Waals surface area contributed by atoms with Crippen molar-refractivity contribution < 1.29 is 27.8 Å². The molecule has 1 unspecified atom stereocenters. The third-order valence-corrected chi connectivity index (χ3v) is 7.22. The number of nitrogens with zero attached hydrogens (tertiary/aromatic N) is 1. The second-order valence-electron chi connectivity index (χ2n) is 7.48. The van der Waals surface area contributed by atoms with Crippen molar-refractivity contribution in [3.05, 3.63) is 78.4 Å². The second-order valence-corrected chi connectivity index (χ2v) is 9.34. The van der Waals surface area contributed by atoms with Gasteiger partial charge < -0.3 is 14.6 Å². The van der Waals surface area contributed by atoms with Crippen LogP contribution in [0.4, 0.5) is 5.69 Å². The lowest BCUT2D eigenvalue weighted by atomic mass is 9.96. The Balaban J connectivity index is 1.61. The van der Waals surface area contributed by atoms with Crippen LogP contribution in [0.2, 0.25) is 0 Å². The number of sulfonamides is 1. The number of para-hydroxylation sites is 1. The zero-order valence-corrected chi connectivity index (χ0v) is 18.3. The van der Waals surface area contributed by atoms with Gasteiger partial charge in [0.15, 0.2) is 0 Å². The molecule has 1 heterocycles. The molecule has 3 aromatic rings. The van der Waals surface area contributed by atoms with Crippen molar-refractivity contribution >= 4 is 21.7 Å². The van der Waals surface area contributed by atoms with Crippen LogP contribution in [-0.4, -0.2) is 33.1 Å². The van der Waals surface area contributed by atoms with Crippen LogP contribution < -0.4 is 13.8 Å². The minimum Gasteiger partial charge on any atom is -0.497 e. The number of benzene rings is 3. The first-order valence-corrected chi connectivity index (χ1v) is 11.6. The number of fused-ring (bicyclic) bond motifs is 1. The summed E-state index contributed by atoms with van der Waals surface area (Å²) in [4.78, 5) is 11.2.